The lowest BCUT2D eigenvalue weighted by atomic mass is 9.85. The maximum atomic E-state index is 12.8. The lowest BCUT2D eigenvalue weighted by Crippen LogP contribution is -2.57. The SMILES string of the molecule is C=C(C)N1[C@H](C)OC2(CCN(C(=O)N(C)[C@H](C(=O)O)C(C)C)CC2)[C@H]1C. The molecule has 2 aliphatic rings. The third-order valence-electron chi connectivity index (χ3n) is 5.90. The van der Waals surface area contributed by atoms with Gasteiger partial charge in [0.25, 0.3) is 0 Å². The quantitative estimate of drug-likeness (QED) is 0.827. The van der Waals surface area contributed by atoms with Crippen LogP contribution in [0.5, 0.6) is 0 Å². The van der Waals surface area contributed by atoms with Crippen LogP contribution >= 0.6 is 0 Å². The van der Waals surface area contributed by atoms with Crippen LogP contribution in [-0.4, -0.2) is 75.9 Å². The number of hydrogen-bond donors (Lipinski definition) is 1. The van der Waals surface area contributed by atoms with E-state index < -0.39 is 12.0 Å². The van der Waals surface area contributed by atoms with Crippen molar-refractivity contribution in [2.45, 2.75) is 71.4 Å². The summed E-state index contributed by atoms with van der Waals surface area (Å²) in [7, 11) is 1.57. The minimum atomic E-state index is -0.969. The van der Waals surface area contributed by atoms with Crippen LogP contribution in [0.25, 0.3) is 0 Å². The van der Waals surface area contributed by atoms with E-state index in [0.717, 1.165) is 18.5 Å². The molecule has 2 amide bonds. The van der Waals surface area contributed by atoms with E-state index in [1.807, 2.05) is 27.7 Å². The molecular weight excluding hydrogens is 334 g/mol. The minimum Gasteiger partial charge on any atom is -0.480 e. The first-order chi connectivity index (χ1) is 12.0. The van der Waals surface area contributed by atoms with E-state index in [-0.39, 0.29) is 29.8 Å². The van der Waals surface area contributed by atoms with Crippen molar-refractivity contribution in [3.05, 3.63) is 12.3 Å². The Bertz CT molecular complexity index is 569. The molecule has 7 nitrogen and oxygen atoms in total. The number of nitrogens with zero attached hydrogens (tertiary/aromatic N) is 3. The zero-order valence-electron chi connectivity index (χ0n) is 16.9. The van der Waals surface area contributed by atoms with Crippen LogP contribution in [-0.2, 0) is 9.53 Å². The van der Waals surface area contributed by atoms with Gasteiger partial charge < -0.3 is 24.5 Å². The average molecular weight is 367 g/mol. The molecule has 0 radical (unpaired) electrons. The van der Waals surface area contributed by atoms with E-state index in [2.05, 4.69) is 18.4 Å². The number of amides is 2. The highest BCUT2D eigenvalue weighted by Gasteiger charge is 2.51. The second-order valence-electron chi connectivity index (χ2n) is 8.01. The number of ether oxygens (including phenoxy) is 1. The first kappa shape index (κ1) is 20.6. The van der Waals surface area contributed by atoms with Gasteiger partial charge in [-0.2, -0.15) is 0 Å². The van der Waals surface area contributed by atoms with E-state index in [9.17, 15) is 14.7 Å². The fraction of sp³-hybridized carbons (Fsp3) is 0.789. The summed E-state index contributed by atoms with van der Waals surface area (Å²) in [5.41, 5.74) is 0.708. The Morgan fingerprint density at radius 3 is 2.19 bits per heavy atom. The van der Waals surface area contributed by atoms with Crippen molar-refractivity contribution in [2.24, 2.45) is 5.92 Å². The summed E-state index contributed by atoms with van der Waals surface area (Å²) in [5, 5.41) is 9.43. The van der Waals surface area contributed by atoms with Crippen molar-refractivity contribution in [3.8, 4) is 0 Å². The van der Waals surface area contributed by atoms with E-state index in [1.54, 1.807) is 11.9 Å². The molecule has 3 atom stereocenters. The topological polar surface area (TPSA) is 73.3 Å². The van der Waals surface area contributed by atoms with Crippen molar-refractivity contribution >= 4 is 12.0 Å². The van der Waals surface area contributed by atoms with Crippen molar-refractivity contribution in [1.29, 1.82) is 0 Å². The lowest BCUT2D eigenvalue weighted by Gasteiger charge is -2.43. The second kappa shape index (κ2) is 7.47. The molecule has 2 aliphatic heterocycles. The first-order valence-corrected chi connectivity index (χ1v) is 9.38. The monoisotopic (exact) mass is 367 g/mol. The molecular formula is C19H33N3O4. The third-order valence-corrected chi connectivity index (χ3v) is 5.90. The molecule has 0 aromatic carbocycles. The molecule has 1 spiro atoms. The molecule has 2 saturated heterocycles. The second-order valence-corrected chi connectivity index (χ2v) is 8.01. The molecule has 2 fully saturated rings. The van der Waals surface area contributed by atoms with Gasteiger partial charge in [-0.3, -0.25) is 0 Å². The molecule has 148 valence electrons. The number of allylic oxidation sites excluding steroid dienone is 1. The van der Waals surface area contributed by atoms with Crippen LogP contribution < -0.4 is 0 Å². The molecule has 26 heavy (non-hydrogen) atoms. The Hall–Kier alpha value is -1.76. The Morgan fingerprint density at radius 2 is 1.81 bits per heavy atom. The van der Waals surface area contributed by atoms with Crippen LogP contribution in [0.1, 0.15) is 47.5 Å². The smallest absolute Gasteiger partial charge is 0.326 e. The van der Waals surface area contributed by atoms with Gasteiger partial charge in [0.15, 0.2) is 0 Å². The van der Waals surface area contributed by atoms with Gasteiger partial charge >= 0.3 is 12.0 Å². The van der Waals surface area contributed by atoms with Crippen LogP contribution in [0.4, 0.5) is 4.79 Å². The molecule has 1 N–H and O–H groups in total. The third kappa shape index (κ3) is 3.54. The van der Waals surface area contributed by atoms with E-state index in [1.165, 1.54) is 4.90 Å². The number of carbonyl (C=O) groups is 2. The highest BCUT2D eigenvalue weighted by atomic mass is 16.5. The molecule has 0 saturated carbocycles. The number of likely N-dealkylation sites (N-methyl/N-ethyl adjacent to an activating group) is 1. The van der Waals surface area contributed by atoms with Gasteiger partial charge in [-0.15, -0.1) is 0 Å². The lowest BCUT2D eigenvalue weighted by molar-refractivity contribution is -0.143. The van der Waals surface area contributed by atoms with Gasteiger partial charge in [-0.25, -0.2) is 9.59 Å². The molecule has 7 heteroatoms. The van der Waals surface area contributed by atoms with E-state index in [4.69, 9.17) is 4.74 Å². The Kier molecular flexibility index (Phi) is 5.90. The summed E-state index contributed by atoms with van der Waals surface area (Å²) < 4.78 is 6.31. The van der Waals surface area contributed by atoms with Crippen molar-refractivity contribution in [3.63, 3.8) is 0 Å². The maximum absolute atomic E-state index is 12.8. The number of aliphatic carboxylic acids is 1. The fourth-order valence-corrected chi connectivity index (χ4v) is 4.56. The number of hydrogen-bond acceptors (Lipinski definition) is 4. The normalized spacial score (nSPS) is 26.3. The summed E-state index contributed by atoms with van der Waals surface area (Å²) in [6.45, 7) is 15.0. The number of rotatable bonds is 4. The highest BCUT2D eigenvalue weighted by molar-refractivity contribution is 5.82. The van der Waals surface area contributed by atoms with Gasteiger partial charge in [0, 0.05) is 25.8 Å². The van der Waals surface area contributed by atoms with Crippen LogP contribution in [0.15, 0.2) is 12.3 Å². The summed E-state index contributed by atoms with van der Waals surface area (Å²) in [4.78, 5) is 29.6. The predicted molar refractivity (Wildman–Crippen MR) is 99.6 cm³/mol. The van der Waals surface area contributed by atoms with Gasteiger partial charge in [0.2, 0.25) is 0 Å². The maximum Gasteiger partial charge on any atom is 0.326 e. The van der Waals surface area contributed by atoms with Crippen molar-refractivity contribution in [1.82, 2.24) is 14.7 Å². The van der Waals surface area contributed by atoms with Gasteiger partial charge in [0.1, 0.15) is 12.3 Å². The van der Waals surface area contributed by atoms with Gasteiger partial charge in [-0.05, 0) is 39.5 Å². The van der Waals surface area contributed by atoms with Gasteiger partial charge in [0.05, 0.1) is 11.6 Å². The van der Waals surface area contributed by atoms with Crippen molar-refractivity contribution in [2.75, 3.05) is 20.1 Å². The Balaban J connectivity index is 2.05. The number of carboxylic acids is 1. The number of carbonyl (C=O) groups excluding carboxylic acids is 1. The Morgan fingerprint density at radius 1 is 1.27 bits per heavy atom. The molecule has 2 rings (SSSR count). The number of likely N-dealkylation sites (tertiary alicyclic amines) is 1. The number of carboxylic acid groups (broad SMARTS) is 1. The molecule has 2 heterocycles. The largest absolute Gasteiger partial charge is 0.480 e. The molecule has 0 aromatic rings. The zero-order chi connectivity index (χ0) is 19.8. The summed E-state index contributed by atoms with van der Waals surface area (Å²) in [5.74, 6) is -1.12. The zero-order valence-corrected chi connectivity index (χ0v) is 16.9. The molecule has 0 unspecified atom stereocenters. The summed E-state index contributed by atoms with van der Waals surface area (Å²) in [6.07, 6.45) is 1.45. The minimum absolute atomic E-state index is 0.0234. The fourth-order valence-electron chi connectivity index (χ4n) is 4.56. The number of urea groups is 1. The predicted octanol–water partition coefficient (Wildman–Crippen LogP) is 2.58. The average Bonchev–Trinajstić information content (AvgIpc) is 2.77. The van der Waals surface area contributed by atoms with Crippen LogP contribution in [0.2, 0.25) is 0 Å². The Labute approximate surface area is 156 Å². The van der Waals surface area contributed by atoms with E-state index in [0.29, 0.717) is 13.1 Å². The molecule has 0 aliphatic carbocycles. The first-order valence-electron chi connectivity index (χ1n) is 9.38. The molecule has 0 aromatic heterocycles. The summed E-state index contributed by atoms with van der Waals surface area (Å²) in [6, 6.07) is -0.845. The standard InChI is InChI=1S/C19H33N3O4/c1-12(2)16(17(23)24)20(7)18(25)21-10-8-19(9-11-21)14(5)22(13(3)4)15(6)26-19/h12,14-16H,3,8-11H2,1-2,4-7H3,(H,23,24)/t14-,15+,16+/m1/s1. The van der Waals surface area contributed by atoms with Crippen LogP contribution in [0, 0.1) is 5.92 Å². The number of piperidine rings is 1. The highest BCUT2D eigenvalue weighted by Crippen LogP contribution is 2.41. The van der Waals surface area contributed by atoms with Gasteiger partial charge in [-0.1, -0.05) is 20.4 Å². The van der Waals surface area contributed by atoms with E-state index >= 15 is 0 Å². The van der Waals surface area contributed by atoms with Crippen LogP contribution in [0.3, 0.4) is 0 Å². The molecule has 0 bridgehead atoms. The summed E-state index contributed by atoms with van der Waals surface area (Å²) >= 11 is 0. The van der Waals surface area contributed by atoms with Crippen molar-refractivity contribution < 1.29 is 19.4 Å².